The van der Waals surface area contributed by atoms with Gasteiger partial charge in [0.05, 0.1) is 11.8 Å². The van der Waals surface area contributed by atoms with Crippen molar-refractivity contribution in [2.45, 2.75) is 43.4 Å². The molecule has 1 fully saturated rings. The molecule has 1 N–H and O–H groups in total. The molecule has 1 aromatic carbocycles. The van der Waals surface area contributed by atoms with E-state index in [0.29, 0.717) is 10.0 Å². The molecule has 2 aromatic rings. The molecular formula is C20H18Cl2FNO2. The topological polar surface area (TPSA) is 50.2 Å². The number of benzene rings is 1. The highest BCUT2D eigenvalue weighted by Gasteiger charge is 2.50. The van der Waals surface area contributed by atoms with Gasteiger partial charge in [-0.05, 0) is 54.9 Å². The van der Waals surface area contributed by atoms with Crippen LogP contribution in [0.15, 0.2) is 36.5 Å². The van der Waals surface area contributed by atoms with Gasteiger partial charge < -0.3 is 5.11 Å². The molecule has 6 heteroatoms. The molecule has 26 heavy (non-hydrogen) atoms. The zero-order chi connectivity index (χ0) is 18.5. The molecule has 0 saturated heterocycles. The lowest BCUT2D eigenvalue weighted by molar-refractivity contribution is -0.133. The first-order valence-corrected chi connectivity index (χ1v) is 9.46. The van der Waals surface area contributed by atoms with Crippen molar-refractivity contribution in [1.82, 2.24) is 4.98 Å². The molecule has 0 aliphatic heterocycles. The van der Waals surface area contributed by atoms with Crippen LogP contribution in [0.25, 0.3) is 0 Å². The number of carbonyl (C=O) groups is 1. The summed E-state index contributed by atoms with van der Waals surface area (Å²) in [5, 5.41) is 11.2. The van der Waals surface area contributed by atoms with E-state index in [2.05, 4.69) is 4.98 Å². The standard InChI is InChI=1S/C20H18Cl2FNO2/c21-12-3-4-13(16(22)10-12)14-8-11(14)9-18(26)20(23)6-5-17(25)19-15(20)2-1-7-24-19/h1-4,7,10-11,14,17,25H,5-6,8-9H2/t11?,14?,17-,20-/m0/s1. The van der Waals surface area contributed by atoms with Gasteiger partial charge >= 0.3 is 0 Å². The largest absolute Gasteiger partial charge is 0.387 e. The third kappa shape index (κ3) is 3.04. The molecular weight excluding hydrogens is 376 g/mol. The molecule has 0 bridgehead atoms. The van der Waals surface area contributed by atoms with E-state index < -0.39 is 17.6 Å². The number of carbonyl (C=O) groups excluding carboxylic acids is 1. The SMILES string of the molecule is O=C(CC1CC1c1ccc(Cl)cc1Cl)[C@]1(F)CC[C@H](O)c2ncccc21. The van der Waals surface area contributed by atoms with Crippen LogP contribution in [0.1, 0.15) is 54.5 Å². The van der Waals surface area contributed by atoms with Crippen molar-refractivity contribution in [1.29, 1.82) is 0 Å². The predicted molar refractivity (Wildman–Crippen MR) is 98.2 cm³/mol. The Morgan fingerprint density at radius 3 is 2.92 bits per heavy atom. The normalized spacial score (nSPS) is 29.9. The summed E-state index contributed by atoms with van der Waals surface area (Å²) in [6.45, 7) is 0. The average Bonchev–Trinajstić information content (AvgIpc) is 3.37. The quantitative estimate of drug-likeness (QED) is 0.781. The monoisotopic (exact) mass is 393 g/mol. The number of nitrogens with zero attached hydrogens (tertiary/aromatic N) is 1. The number of rotatable bonds is 4. The van der Waals surface area contributed by atoms with E-state index >= 15 is 4.39 Å². The number of Topliss-reactive ketones (excluding diaryl/α,β-unsaturated/α-hetero) is 1. The van der Waals surface area contributed by atoms with Gasteiger partial charge in [-0.15, -0.1) is 0 Å². The maximum Gasteiger partial charge on any atom is 0.195 e. The van der Waals surface area contributed by atoms with Crippen LogP contribution in [0.3, 0.4) is 0 Å². The van der Waals surface area contributed by atoms with Gasteiger partial charge in [0.2, 0.25) is 0 Å². The van der Waals surface area contributed by atoms with Crippen LogP contribution >= 0.6 is 23.2 Å². The number of hydrogen-bond donors (Lipinski definition) is 1. The van der Waals surface area contributed by atoms with Crippen LogP contribution in [0, 0.1) is 5.92 Å². The third-order valence-corrected chi connectivity index (χ3v) is 6.08. The second-order valence-corrected chi connectivity index (χ2v) is 8.03. The molecule has 1 heterocycles. The van der Waals surface area contributed by atoms with Crippen LogP contribution in [0.5, 0.6) is 0 Å². The molecule has 2 aliphatic rings. The zero-order valence-electron chi connectivity index (χ0n) is 14.0. The highest BCUT2D eigenvalue weighted by molar-refractivity contribution is 6.35. The molecule has 1 aromatic heterocycles. The number of pyridine rings is 1. The maximum atomic E-state index is 15.6. The van der Waals surface area contributed by atoms with Crippen molar-refractivity contribution in [2.24, 2.45) is 5.92 Å². The van der Waals surface area contributed by atoms with Crippen molar-refractivity contribution in [3.63, 3.8) is 0 Å². The highest BCUT2D eigenvalue weighted by Crippen LogP contribution is 2.54. The van der Waals surface area contributed by atoms with Gasteiger partial charge in [-0.2, -0.15) is 0 Å². The van der Waals surface area contributed by atoms with E-state index in [1.165, 1.54) is 6.20 Å². The number of alkyl halides is 1. The van der Waals surface area contributed by atoms with Gasteiger partial charge in [0.1, 0.15) is 0 Å². The smallest absolute Gasteiger partial charge is 0.195 e. The summed E-state index contributed by atoms with van der Waals surface area (Å²) >= 11 is 12.2. The minimum absolute atomic E-state index is 0.00915. The Bertz CT molecular complexity index is 875. The van der Waals surface area contributed by atoms with E-state index in [-0.39, 0.29) is 42.4 Å². The minimum Gasteiger partial charge on any atom is -0.387 e. The molecule has 3 nitrogen and oxygen atoms in total. The number of aliphatic hydroxyl groups excluding tert-OH is 1. The Balaban J connectivity index is 1.52. The highest BCUT2D eigenvalue weighted by atomic mass is 35.5. The summed E-state index contributed by atoms with van der Waals surface area (Å²) in [4.78, 5) is 16.9. The van der Waals surface area contributed by atoms with E-state index in [4.69, 9.17) is 23.2 Å². The van der Waals surface area contributed by atoms with Gasteiger partial charge in [-0.1, -0.05) is 35.3 Å². The number of ketones is 1. The van der Waals surface area contributed by atoms with Gasteiger partial charge in [0.15, 0.2) is 11.5 Å². The van der Waals surface area contributed by atoms with E-state index in [1.54, 1.807) is 24.3 Å². The summed E-state index contributed by atoms with van der Waals surface area (Å²) in [5.41, 5.74) is -0.615. The van der Waals surface area contributed by atoms with Crippen LogP contribution < -0.4 is 0 Å². The van der Waals surface area contributed by atoms with Crippen molar-refractivity contribution < 1.29 is 14.3 Å². The van der Waals surface area contributed by atoms with Crippen molar-refractivity contribution in [3.05, 3.63) is 63.4 Å². The fourth-order valence-corrected chi connectivity index (χ4v) is 4.52. The predicted octanol–water partition coefficient (Wildman–Crippen LogP) is 5.14. The van der Waals surface area contributed by atoms with Crippen LogP contribution in [-0.2, 0) is 10.5 Å². The first-order valence-electron chi connectivity index (χ1n) is 8.71. The lowest BCUT2D eigenvalue weighted by Gasteiger charge is -2.32. The molecule has 1 saturated carbocycles. The fourth-order valence-electron chi connectivity index (χ4n) is 3.97. The molecule has 4 rings (SSSR count). The summed E-state index contributed by atoms with van der Waals surface area (Å²) in [7, 11) is 0. The number of aliphatic hydroxyl groups is 1. The number of hydrogen-bond acceptors (Lipinski definition) is 3. The van der Waals surface area contributed by atoms with Crippen molar-refractivity contribution in [2.75, 3.05) is 0 Å². The van der Waals surface area contributed by atoms with E-state index in [1.807, 2.05) is 6.07 Å². The number of aromatic nitrogens is 1. The maximum absolute atomic E-state index is 15.6. The second-order valence-electron chi connectivity index (χ2n) is 7.19. The Morgan fingerprint density at radius 2 is 2.15 bits per heavy atom. The summed E-state index contributed by atoms with van der Waals surface area (Å²) in [6.07, 6.45) is 1.85. The second kappa shape index (κ2) is 6.59. The van der Waals surface area contributed by atoms with E-state index in [0.717, 1.165) is 12.0 Å². The third-order valence-electron chi connectivity index (χ3n) is 5.52. The average molecular weight is 394 g/mol. The summed E-state index contributed by atoms with van der Waals surface area (Å²) in [6, 6.07) is 8.51. The first kappa shape index (κ1) is 17.9. The van der Waals surface area contributed by atoms with Gasteiger partial charge in [0, 0.05) is 28.2 Å². The molecule has 0 spiro atoms. The zero-order valence-corrected chi connectivity index (χ0v) is 15.5. The van der Waals surface area contributed by atoms with E-state index in [9.17, 15) is 9.90 Å². The number of halogens is 3. The Labute approximate surface area is 161 Å². The number of fused-ring (bicyclic) bond motifs is 1. The molecule has 4 atom stereocenters. The lowest BCUT2D eigenvalue weighted by atomic mass is 9.77. The summed E-state index contributed by atoms with van der Waals surface area (Å²) in [5.74, 6) is -0.188. The van der Waals surface area contributed by atoms with Crippen LogP contribution in [-0.4, -0.2) is 15.9 Å². The molecule has 2 unspecified atom stereocenters. The molecule has 0 amide bonds. The molecule has 0 radical (unpaired) electrons. The minimum atomic E-state index is -2.07. The summed E-state index contributed by atoms with van der Waals surface area (Å²) < 4.78 is 15.6. The van der Waals surface area contributed by atoms with Crippen LogP contribution in [0.4, 0.5) is 4.39 Å². The molecule has 2 aliphatic carbocycles. The van der Waals surface area contributed by atoms with Crippen LogP contribution in [0.2, 0.25) is 10.0 Å². The Morgan fingerprint density at radius 1 is 1.35 bits per heavy atom. The van der Waals surface area contributed by atoms with Crippen molar-refractivity contribution in [3.8, 4) is 0 Å². The lowest BCUT2D eigenvalue weighted by Crippen LogP contribution is -2.37. The molecule has 136 valence electrons. The Hall–Kier alpha value is -1.49. The van der Waals surface area contributed by atoms with Gasteiger partial charge in [-0.25, -0.2) is 4.39 Å². The van der Waals surface area contributed by atoms with Crippen molar-refractivity contribution >= 4 is 29.0 Å². The Kier molecular flexibility index (Phi) is 4.54. The fraction of sp³-hybridized carbons (Fsp3) is 0.400. The van der Waals surface area contributed by atoms with Gasteiger partial charge in [0.25, 0.3) is 0 Å². The van der Waals surface area contributed by atoms with Gasteiger partial charge in [-0.3, -0.25) is 9.78 Å². The first-order chi connectivity index (χ1) is 12.4.